The highest BCUT2D eigenvalue weighted by molar-refractivity contribution is 5.83. The highest BCUT2D eigenvalue weighted by Crippen LogP contribution is 2.39. The maximum absolute atomic E-state index is 12.8. The van der Waals surface area contributed by atoms with Crippen LogP contribution in [0, 0.1) is 11.8 Å². The van der Waals surface area contributed by atoms with Crippen molar-refractivity contribution in [3.63, 3.8) is 0 Å². The Bertz CT molecular complexity index is 494. The summed E-state index contributed by atoms with van der Waals surface area (Å²) in [6, 6.07) is 12.1. The van der Waals surface area contributed by atoms with Gasteiger partial charge in [0, 0.05) is 30.5 Å². The first-order valence-electron chi connectivity index (χ1n) is 9.56. The molecule has 2 bridgehead atoms. The van der Waals surface area contributed by atoms with Gasteiger partial charge in [0.1, 0.15) is 5.78 Å². The number of Topliss-reactive ketones (excluding diaryl/α,β-unsaturated/α-hetero) is 1. The zero-order chi connectivity index (χ0) is 16.2. The lowest BCUT2D eigenvalue weighted by atomic mass is 9.73. The molecule has 2 heterocycles. The Labute approximate surface area is 141 Å². The Kier molecular flexibility index (Phi) is 5.53. The smallest absolute Gasteiger partial charge is 0.139 e. The number of fused-ring (bicyclic) bond motifs is 2. The zero-order valence-electron chi connectivity index (χ0n) is 14.7. The van der Waals surface area contributed by atoms with Gasteiger partial charge in [0.25, 0.3) is 0 Å². The molecule has 23 heavy (non-hydrogen) atoms. The Hall–Kier alpha value is -1.15. The van der Waals surface area contributed by atoms with E-state index in [9.17, 15) is 4.79 Å². The maximum atomic E-state index is 12.8. The van der Waals surface area contributed by atoms with Crippen molar-refractivity contribution >= 4 is 5.78 Å². The molecule has 2 unspecified atom stereocenters. The fraction of sp³-hybridized carbons (Fsp3) is 0.667. The van der Waals surface area contributed by atoms with Gasteiger partial charge in [0.05, 0.1) is 0 Å². The first-order chi connectivity index (χ1) is 11.2. The van der Waals surface area contributed by atoms with Crippen molar-refractivity contribution in [3.05, 3.63) is 35.9 Å². The Balaban J connectivity index is 1.69. The van der Waals surface area contributed by atoms with Crippen LogP contribution in [-0.4, -0.2) is 22.8 Å². The lowest BCUT2D eigenvalue weighted by molar-refractivity contribution is -0.131. The summed E-state index contributed by atoms with van der Waals surface area (Å²) in [7, 11) is 0. The number of carbonyl (C=O) groups is 1. The van der Waals surface area contributed by atoms with Gasteiger partial charge in [0.2, 0.25) is 0 Å². The van der Waals surface area contributed by atoms with Gasteiger partial charge in [-0.15, -0.1) is 0 Å². The minimum absolute atomic E-state index is 0.293. The van der Waals surface area contributed by atoms with Crippen molar-refractivity contribution in [1.82, 2.24) is 4.90 Å². The van der Waals surface area contributed by atoms with E-state index >= 15 is 0 Å². The SMILES string of the molecule is CCC(CC)C(=O)C1CC2CCCC(C1)N2Cc1ccccc1. The summed E-state index contributed by atoms with van der Waals surface area (Å²) in [6.45, 7) is 5.39. The van der Waals surface area contributed by atoms with Crippen molar-refractivity contribution in [3.8, 4) is 0 Å². The van der Waals surface area contributed by atoms with Gasteiger partial charge in [-0.1, -0.05) is 50.6 Å². The number of rotatable bonds is 6. The molecule has 0 amide bonds. The van der Waals surface area contributed by atoms with E-state index in [4.69, 9.17) is 0 Å². The van der Waals surface area contributed by atoms with Crippen LogP contribution >= 0.6 is 0 Å². The summed E-state index contributed by atoms with van der Waals surface area (Å²) in [6.07, 6.45) is 8.10. The standard InChI is InChI=1S/C21H31NO/c1-3-17(4-2)21(23)18-13-19-11-8-12-20(14-18)22(19)15-16-9-6-5-7-10-16/h5-7,9-10,17-20H,3-4,8,11-15H2,1-2H3. The second-order valence-corrected chi connectivity index (χ2v) is 7.48. The van der Waals surface area contributed by atoms with Gasteiger partial charge >= 0.3 is 0 Å². The predicted molar refractivity (Wildman–Crippen MR) is 95.2 cm³/mol. The number of nitrogens with zero attached hydrogens (tertiary/aromatic N) is 1. The summed E-state index contributed by atoms with van der Waals surface area (Å²) < 4.78 is 0. The average Bonchev–Trinajstić information content (AvgIpc) is 2.56. The van der Waals surface area contributed by atoms with Crippen LogP contribution in [0.5, 0.6) is 0 Å². The van der Waals surface area contributed by atoms with E-state index in [0.29, 0.717) is 29.7 Å². The Morgan fingerprint density at radius 3 is 2.26 bits per heavy atom. The molecular weight excluding hydrogens is 282 g/mol. The van der Waals surface area contributed by atoms with Crippen LogP contribution < -0.4 is 0 Å². The van der Waals surface area contributed by atoms with Crippen molar-refractivity contribution < 1.29 is 4.79 Å². The van der Waals surface area contributed by atoms with Crippen LogP contribution in [0.2, 0.25) is 0 Å². The highest BCUT2D eigenvalue weighted by atomic mass is 16.1. The number of carbonyl (C=O) groups excluding carboxylic acids is 1. The van der Waals surface area contributed by atoms with Crippen molar-refractivity contribution in [2.45, 2.75) is 77.4 Å². The van der Waals surface area contributed by atoms with Crippen LogP contribution in [-0.2, 0) is 11.3 Å². The van der Waals surface area contributed by atoms with Gasteiger partial charge < -0.3 is 0 Å². The molecule has 0 saturated carbocycles. The fourth-order valence-corrected chi connectivity index (χ4v) is 4.79. The molecule has 2 aliphatic rings. The molecule has 0 aromatic heterocycles. The van der Waals surface area contributed by atoms with E-state index < -0.39 is 0 Å². The van der Waals surface area contributed by atoms with E-state index in [-0.39, 0.29) is 0 Å². The third kappa shape index (κ3) is 3.68. The normalized spacial score (nSPS) is 28.0. The molecule has 2 saturated heterocycles. The molecule has 2 nitrogen and oxygen atoms in total. The van der Waals surface area contributed by atoms with Crippen LogP contribution in [0.1, 0.15) is 64.4 Å². The summed E-state index contributed by atoms with van der Waals surface area (Å²) >= 11 is 0. The molecule has 2 atom stereocenters. The van der Waals surface area contributed by atoms with Gasteiger partial charge in [0.15, 0.2) is 0 Å². The molecule has 2 fully saturated rings. The van der Waals surface area contributed by atoms with E-state index in [2.05, 4.69) is 49.1 Å². The predicted octanol–water partition coefficient (Wildman–Crippen LogP) is 4.83. The monoisotopic (exact) mass is 313 g/mol. The molecule has 1 aromatic carbocycles. The molecular formula is C21H31NO. The minimum atomic E-state index is 0.293. The second kappa shape index (κ2) is 7.61. The first-order valence-corrected chi connectivity index (χ1v) is 9.56. The molecule has 0 spiro atoms. The first kappa shape index (κ1) is 16.7. The molecule has 2 heteroatoms. The van der Waals surface area contributed by atoms with E-state index in [1.165, 1.54) is 24.8 Å². The summed E-state index contributed by atoms with van der Waals surface area (Å²) in [4.78, 5) is 15.5. The topological polar surface area (TPSA) is 20.3 Å². The lowest BCUT2D eigenvalue weighted by Gasteiger charge is -2.49. The van der Waals surface area contributed by atoms with Crippen molar-refractivity contribution in [1.29, 1.82) is 0 Å². The molecule has 2 aliphatic heterocycles. The third-order valence-electron chi connectivity index (χ3n) is 6.12. The third-order valence-corrected chi connectivity index (χ3v) is 6.12. The average molecular weight is 313 g/mol. The zero-order valence-corrected chi connectivity index (χ0v) is 14.7. The molecule has 126 valence electrons. The maximum Gasteiger partial charge on any atom is 0.139 e. The van der Waals surface area contributed by atoms with Crippen molar-refractivity contribution in [2.24, 2.45) is 11.8 Å². The number of benzene rings is 1. The molecule has 0 aliphatic carbocycles. The van der Waals surface area contributed by atoms with Gasteiger partial charge in [-0.2, -0.15) is 0 Å². The molecule has 1 aromatic rings. The number of ketones is 1. The Morgan fingerprint density at radius 2 is 1.70 bits per heavy atom. The molecule has 3 rings (SSSR count). The van der Waals surface area contributed by atoms with Gasteiger partial charge in [-0.3, -0.25) is 9.69 Å². The van der Waals surface area contributed by atoms with E-state index in [0.717, 1.165) is 32.2 Å². The van der Waals surface area contributed by atoms with Crippen LogP contribution in [0.3, 0.4) is 0 Å². The summed E-state index contributed by atoms with van der Waals surface area (Å²) in [5.41, 5.74) is 1.41. The molecule has 0 radical (unpaired) electrons. The molecule has 0 N–H and O–H groups in total. The summed E-state index contributed by atoms with van der Waals surface area (Å²) in [5, 5.41) is 0. The quantitative estimate of drug-likeness (QED) is 0.750. The number of hydrogen-bond donors (Lipinski definition) is 0. The van der Waals surface area contributed by atoms with E-state index in [1.54, 1.807) is 0 Å². The Morgan fingerprint density at radius 1 is 1.09 bits per heavy atom. The van der Waals surface area contributed by atoms with Crippen LogP contribution in [0.4, 0.5) is 0 Å². The number of piperidine rings is 2. The fourth-order valence-electron chi connectivity index (χ4n) is 4.79. The van der Waals surface area contributed by atoms with Crippen molar-refractivity contribution in [2.75, 3.05) is 0 Å². The largest absolute Gasteiger partial charge is 0.299 e. The number of hydrogen-bond acceptors (Lipinski definition) is 2. The minimum Gasteiger partial charge on any atom is -0.299 e. The second-order valence-electron chi connectivity index (χ2n) is 7.48. The lowest BCUT2D eigenvalue weighted by Crippen LogP contribution is -2.53. The van der Waals surface area contributed by atoms with Gasteiger partial charge in [-0.25, -0.2) is 0 Å². The van der Waals surface area contributed by atoms with E-state index in [1.807, 2.05) is 0 Å². The summed E-state index contributed by atoms with van der Waals surface area (Å²) in [5.74, 6) is 1.18. The van der Waals surface area contributed by atoms with Gasteiger partial charge in [-0.05, 0) is 44.1 Å². The van der Waals surface area contributed by atoms with Crippen LogP contribution in [0.15, 0.2) is 30.3 Å². The highest BCUT2D eigenvalue weighted by Gasteiger charge is 2.41. The van der Waals surface area contributed by atoms with Crippen LogP contribution in [0.25, 0.3) is 0 Å².